The van der Waals surface area contributed by atoms with E-state index in [2.05, 4.69) is 4.98 Å². The molecule has 0 radical (unpaired) electrons. The lowest BCUT2D eigenvalue weighted by molar-refractivity contribution is -0.138. The highest BCUT2D eigenvalue weighted by Crippen LogP contribution is 2.31. The summed E-state index contributed by atoms with van der Waals surface area (Å²) in [6, 6.07) is 9.49. The smallest absolute Gasteiger partial charge is 0.327 e. The van der Waals surface area contributed by atoms with E-state index in [0.29, 0.717) is 5.75 Å². The molecular formula is C14H14N2O2S2. The van der Waals surface area contributed by atoms with Gasteiger partial charge in [0.05, 0.1) is 5.69 Å². The highest BCUT2D eigenvalue weighted by molar-refractivity contribution is 7.99. The third kappa shape index (κ3) is 2.66. The van der Waals surface area contributed by atoms with E-state index < -0.39 is 12.0 Å². The normalized spacial score (nSPS) is 19.0. The van der Waals surface area contributed by atoms with Crippen LogP contribution in [0.15, 0.2) is 35.7 Å². The molecule has 104 valence electrons. The average Bonchev–Trinajstić information content (AvgIpc) is 2.98. The quantitative estimate of drug-likeness (QED) is 0.945. The van der Waals surface area contributed by atoms with Crippen LogP contribution < -0.4 is 4.90 Å². The molecule has 1 aromatic carbocycles. The van der Waals surface area contributed by atoms with E-state index in [9.17, 15) is 9.90 Å². The van der Waals surface area contributed by atoms with Crippen LogP contribution in [0.2, 0.25) is 0 Å². The molecule has 0 spiro atoms. The molecule has 1 fully saturated rings. The zero-order valence-electron chi connectivity index (χ0n) is 10.7. The summed E-state index contributed by atoms with van der Waals surface area (Å²) in [4.78, 5) is 17.9. The van der Waals surface area contributed by atoms with Gasteiger partial charge in [0.15, 0.2) is 5.13 Å². The largest absolute Gasteiger partial charge is 0.480 e. The Morgan fingerprint density at radius 2 is 2.15 bits per heavy atom. The van der Waals surface area contributed by atoms with Crippen LogP contribution in [0.5, 0.6) is 0 Å². The molecule has 1 aliphatic heterocycles. The number of benzene rings is 1. The number of carbonyl (C=O) groups is 1. The second-order valence-corrected chi connectivity index (χ2v) is 6.49. The molecule has 1 atom stereocenters. The van der Waals surface area contributed by atoms with Crippen molar-refractivity contribution in [2.75, 3.05) is 23.0 Å². The van der Waals surface area contributed by atoms with Gasteiger partial charge in [-0.3, -0.25) is 0 Å². The lowest BCUT2D eigenvalue weighted by Crippen LogP contribution is -2.47. The molecule has 6 heteroatoms. The molecule has 2 aromatic rings. The molecule has 2 heterocycles. The first kappa shape index (κ1) is 13.5. The first-order valence-corrected chi connectivity index (χ1v) is 8.37. The van der Waals surface area contributed by atoms with Crippen molar-refractivity contribution in [2.45, 2.75) is 6.04 Å². The molecule has 0 amide bonds. The van der Waals surface area contributed by atoms with Crippen LogP contribution in [0.1, 0.15) is 0 Å². The molecule has 20 heavy (non-hydrogen) atoms. The highest BCUT2D eigenvalue weighted by Gasteiger charge is 2.30. The van der Waals surface area contributed by atoms with E-state index in [1.807, 2.05) is 40.6 Å². The van der Waals surface area contributed by atoms with Crippen LogP contribution in [-0.4, -0.2) is 40.2 Å². The van der Waals surface area contributed by atoms with Gasteiger partial charge in [-0.1, -0.05) is 30.3 Å². The number of hydrogen-bond acceptors (Lipinski definition) is 5. The summed E-state index contributed by atoms with van der Waals surface area (Å²) in [6.45, 7) is 0.739. The number of anilines is 1. The Hall–Kier alpha value is -1.53. The van der Waals surface area contributed by atoms with Crippen LogP contribution in [0, 0.1) is 0 Å². The second kappa shape index (κ2) is 5.85. The fraction of sp³-hybridized carbons (Fsp3) is 0.286. The van der Waals surface area contributed by atoms with Gasteiger partial charge < -0.3 is 10.0 Å². The summed E-state index contributed by atoms with van der Waals surface area (Å²) < 4.78 is 0. The second-order valence-electron chi connectivity index (χ2n) is 4.50. The van der Waals surface area contributed by atoms with Gasteiger partial charge in [-0.2, -0.15) is 11.8 Å². The van der Waals surface area contributed by atoms with Gasteiger partial charge in [0.2, 0.25) is 0 Å². The summed E-state index contributed by atoms with van der Waals surface area (Å²) in [7, 11) is 0. The minimum atomic E-state index is -0.770. The average molecular weight is 306 g/mol. The SMILES string of the molecule is O=C(O)C1CSCCN1c1nc(-c2ccccc2)cs1. The maximum absolute atomic E-state index is 11.3. The van der Waals surface area contributed by atoms with E-state index in [4.69, 9.17) is 0 Å². The molecular weight excluding hydrogens is 292 g/mol. The number of hydrogen-bond donors (Lipinski definition) is 1. The fourth-order valence-electron chi connectivity index (χ4n) is 2.17. The number of nitrogens with zero attached hydrogens (tertiary/aromatic N) is 2. The summed E-state index contributed by atoms with van der Waals surface area (Å²) >= 11 is 3.20. The van der Waals surface area contributed by atoms with Gasteiger partial charge in [-0.25, -0.2) is 9.78 Å². The van der Waals surface area contributed by atoms with Crippen LogP contribution in [0.25, 0.3) is 11.3 Å². The maximum Gasteiger partial charge on any atom is 0.327 e. The van der Waals surface area contributed by atoms with Crippen LogP contribution in [0.3, 0.4) is 0 Å². The van der Waals surface area contributed by atoms with Crippen molar-refractivity contribution in [3.05, 3.63) is 35.7 Å². The minimum absolute atomic E-state index is 0.469. The molecule has 1 aromatic heterocycles. The summed E-state index contributed by atoms with van der Waals surface area (Å²) in [5, 5.41) is 12.1. The Labute approximate surface area is 125 Å². The number of carboxylic acids is 1. The van der Waals surface area contributed by atoms with E-state index >= 15 is 0 Å². The standard InChI is InChI=1S/C14H14N2O2S2/c17-13(18)12-9-19-7-6-16(12)14-15-11(8-20-14)10-4-2-1-3-5-10/h1-5,8,12H,6-7,9H2,(H,17,18). The van der Waals surface area contributed by atoms with E-state index in [0.717, 1.165) is 28.7 Å². The third-order valence-corrected chi connectivity index (χ3v) is 5.12. The Morgan fingerprint density at radius 3 is 2.90 bits per heavy atom. The molecule has 4 nitrogen and oxygen atoms in total. The first-order valence-electron chi connectivity index (χ1n) is 6.34. The van der Waals surface area contributed by atoms with E-state index in [-0.39, 0.29) is 0 Å². The zero-order chi connectivity index (χ0) is 13.9. The molecule has 1 aliphatic rings. The van der Waals surface area contributed by atoms with Crippen LogP contribution >= 0.6 is 23.1 Å². The molecule has 0 aliphatic carbocycles. The molecule has 0 bridgehead atoms. The van der Waals surface area contributed by atoms with Gasteiger partial charge >= 0.3 is 5.97 Å². The van der Waals surface area contributed by atoms with Crippen LogP contribution in [-0.2, 0) is 4.79 Å². The molecule has 0 saturated carbocycles. The third-order valence-electron chi connectivity index (χ3n) is 3.22. The van der Waals surface area contributed by atoms with Gasteiger partial charge in [-0.15, -0.1) is 11.3 Å². The lowest BCUT2D eigenvalue weighted by Gasteiger charge is -2.32. The van der Waals surface area contributed by atoms with Crippen molar-refractivity contribution in [2.24, 2.45) is 0 Å². The Kier molecular flexibility index (Phi) is 3.93. The monoisotopic (exact) mass is 306 g/mol. The first-order chi connectivity index (χ1) is 9.75. The number of aliphatic carboxylic acids is 1. The summed E-state index contributed by atoms with van der Waals surface area (Å²) in [5.74, 6) is 0.799. The highest BCUT2D eigenvalue weighted by atomic mass is 32.2. The minimum Gasteiger partial charge on any atom is -0.480 e. The van der Waals surface area contributed by atoms with Gasteiger partial charge in [0.1, 0.15) is 6.04 Å². The van der Waals surface area contributed by atoms with Crippen LogP contribution in [0.4, 0.5) is 5.13 Å². The molecule has 3 rings (SSSR count). The number of thioether (sulfide) groups is 1. The predicted molar refractivity (Wildman–Crippen MR) is 83.6 cm³/mol. The molecule has 1 unspecified atom stereocenters. The molecule has 1 N–H and O–H groups in total. The van der Waals surface area contributed by atoms with Gasteiger partial charge in [0.25, 0.3) is 0 Å². The number of carboxylic acid groups (broad SMARTS) is 1. The fourth-order valence-corrected chi connectivity index (χ4v) is 4.12. The lowest BCUT2D eigenvalue weighted by atomic mass is 10.2. The molecule has 1 saturated heterocycles. The summed E-state index contributed by atoms with van der Waals surface area (Å²) in [6.07, 6.45) is 0. The topological polar surface area (TPSA) is 53.4 Å². The Balaban J connectivity index is 1.87. The number of aromatic nitrogens is 1. The van der Waals surface area contributed by atoms with Gasteiger partial charge in [-0.05, 0) is 0 Å². The Bertz CT molecular complexity index is 600. The Morgan fingerprint density at radius 1 is 1.35 bits per heavy atom. The van der Waals surface area contributed by atoms with E-state index in [1.54, 1.807) is 11.8 Å². The van der Waals surface area contributed by atoms with E-state index in [1.165, 1.54) is 11.3 Å². The maximum atomic E-state index is 11.3. The number of rotatable bonds is 3. The van der Waals surface area contributed by atoms with Crippen molar-refractivity contribution in [3.63, 3.8) is 0 Å². The van der Waals surface area contributed by atoms with Crippen molar-refractivity contribution >= 4 is 34.2 Å². The van der Waals surface area contributed by atoms with Crippen molar-refractivity contribution in [1.29, 1.82) is 0 Å². The predicted octanol–water partition coefficient (Wildman–Crippen LogP) is 2.82. The van der Waals surface area contributed by atoms with Crippen molar-refractivity contribution in [1.82, 2.24) is 4.98 Å². The van der Waals surface area contributed by atoms with Gasteiger partial charge in [0, 0.05) is 29.0 Å². The van der Waals surface area contributed by atoms with Crippen molar-refractivity contribution in [3.8, 4) is 11.3 Å². The number of thiazole rings is 1. The summed E-state index contributed by atoms with van der Waals surface area (Å²) in [5.41, 5.74) is 1.97. The zero-order valence-corrected chi connectivity index (χ0v) is 12.4. The van der Waals surface area contributed by atoms with Crippen molar-refractivity contribution < 1.29 is 9.90 Å².